The van der Waals surface area contributed by atoms with Gasteiger partial charge in [0.15, 0.2) is 0 Å². The highest BCUT2D eigenvalue weighted by molar-refractivity contribution is 7.89. The minimum Gasteiger partial charge on any atom is -0.497 e. The summed E-state index contributed by atoms with van der Waals surface area (Å²) in [6.07, 6.45) is 3.66. The molecular weight excluding hydrogens is 468 g/mol. The standard InChI is InChI=1S/C30H32N2O3S/c1-4-23-12-14-27(15-13-23)36(33,34)31-18-16-25(17-19-31)30-22(2)32(29-11-6-5-10-28(29)30)21-24-8-7-9-26(20-24)35-3/h5-16,20H,4,17-19,21H2,1-3H3. The van der Waals surface area contributed by atoms with Crippen LogP contribution in [0.25, 0.3) is 16.5 Å². The predicted molar refractivity (Wildman–Crippen MR) is 146 cm³/mol. The lowest BCUT2D eigenvalue weighted by Gasteiger charge is -2.26. The van der Waals surface area contributed by atoms with E-state index in [1.165, 1.54) is 33.3 Å². The molecule has 0 bridgehead atoms. The number of hydrogen-bond donors (Lipinski definition) is 0. The first-order chi connectivity index (χ1) is 17.4. The molecular formula is C30H32N2O3S. The van der Waals surface area contributed by atoms with Crippen LogP contribution in [-0.2, 0) is 23.0 Å². The van der Waals surface area contributed by atoms with Gasteiger partial charge in [0, 0.05) is 41.8 Å². The van der Waals surface area contributed by atoms with Gasteiger partial charge in [-0.3, -0.25) is 0 Å². The molecule has 0 amide bonds. The van der Waals surface area contributed by atoms with Crippen molar-refractivity contribution in [3.63, 3.8) is 0 Å². The summed E-state index contributed by atoms with van der Waals surface area (Å²) in [6.45, 7) is 5.82. The molecule has 36 heavy (non-hydrogen) atoms. The van der Waals surface area contributed by atoms with E-state index in [2.05, 4.69) is 60.9 Å². The average molecular weight is 501 g/mol. The summed E-state index contributed by atoms with van der Waals surface area (Å²) in [6, 6.07) is 23.9. The fourth-order valence-electron chi connectivity index (χ4n) is 5.14. The largest absolute Gasteiger partial charge is 0.497 e. The minimum atomic E-state index is -3.52. The first kappa shape index (κ1) is 24.3. The lowest BCUT2D eigenvalue weighted by Crippen LogP contribution is -2.34. The van der Waals surface area contributed by atoms with E-state index >= 15 is 0 Å². The highest BCUT2D eigenvalue weighted by Crippen LogP contribution is 2.36. The van der Waals surface area contributed by atoms with Crippen LogP contribution in [-0.4, -0.2) is 37.5 Å². The molecule has 0 saturated heterocycles. The van der Waals surface area contributed by atoms with Crippen molar-refractivity contribution < 1.29 is 13.2 Å². The number of benzene rings is 3. The van der Waals surface area contributed by atoms with Gasteiger partial charge in [-0.15, -0.1) is 0 Å². The number of para-hydroxylation sites is 1. The molecule has 0 radical (unpaired) electrons. The second kappa shape index (κ2) is 9.96. The Hall–Kier alpha value is -3.35. The molecule has 0 N–H and O–H groups in total. The van der Waals surface area contributed by atoms with Crippen molar-refractivity contribution in [2.75, 3.05) is 20.2 Å². The molecule has 0 unspecified atom stereocenters. The average Bonchev–Trinajstić information content (AvgIpc) is 3.19. The molecule has 0 spiro atoms. The zero-order valence-electron chi connectivity index (χ0n) is 21.1. The van der Waals surface area contributed by atoms with E-state index in [4.69, 9.17) is 4.74 Å². The number of methoxy groups -OCH3 is 1. The van der Waals surface area contributed by atoms with Crippen molar-refractivity contribution in [1.29, 1.82) is 0 Å². The van der Waals surface area contributed by atoms with Gasteiger partial charge < -0.3 is 9.30 Å². The van der Waals surface area contributed by atoms with Gasteiger partial charge in [0.1, 0.15) is 5.75 Å². The quantitative estimate of drug-likeness (QED) is 0.311. The number of ether oxygens (including phenoxy) is 1. The Kier molecular flexibility index (Phi) is 6.73. The van der Waals surface area contributed by atoms with E-state index in [0.717, 1.165) is 24.3 Å². The zero-order valence-corrected chi connectivity index (χ0v) is 21.9. The Labute approximate surface area is 213 Å². The van der Waals surface area contributed by atoms with Crippen LogP contribution < -0.4 is 4.74 Å². The van der Waals surface area contributed by atoms with Crippen LogP contribution in [0.3, 0.4) is 0 Å². The molecule has 4 aromatic rings. The smallest absolute Gasteiger partial charge is 0.243 e. The molecule has 0 saturated carbocycles. The number of hydrogen-bond acceptors (Lipinski definition) is 3. The second-order valence-corrected chi connectivity index (χ2v) is 11.2. The third-order valence-electron chi connectivity index (χ3n) is 7.17. The molecule has 1 aliphatic heterocycles. The van der Waals surface area contributed by atoms with Gasteiger partial charge in [-0.05, 0) is 66.8 Å². The van der Waals surface area contributed by atoms with Crippen LogP contribution in [0, 0.1) is 6.92 Å². The van der Waals surface area contributed by atoms with Crippen molar-refractivity contribution in [1.82, 2.24) is 8.87 Å². The summed E-state index contributed by atoms with van der Waals surface area (Å²) in [5.74, 6) is 0.850. The summed E-state index contributed by atoms with van der Waals surface area (Å²) in [4.78, 5) is 0.364. The second-order valence-electron chi connectivity index (χ2n) is 9.26. The van der Waals surface area contributed by atoms with Gasteiger partial charge in [0.05, 0.1) is 12.0 Å². The normalized spacial score (nSPS) is 14.7. The van der Waals surface area contributed by atoms with E-state index in [-0.39, 0.29) is 0 Å². The van der Waals surface area contributed by atoms with Gasteiger partial charge in [0.2, 0.25) is 10.0 Å². The summed E-state index contributed by atoms with van der Waals surface area (Å²) in [5, 5.41) is 1.20. The Balaban J connectivity index is 1.46. The van der Waals surface area contributed by atoms with Crippen molar-refractivity contribution >= 4 is 26.5 Å². The van der Waals surface area contributed by atoms with Crippen LogP contribution in [0.2, 0.25) is 0 Å². The molecule has 3 aromatic carbocycles. The SMILES string of the molecule is CCc1ccc(S(=O)(=O)N2CC=C(c3c(C)n(Cc4cccc(OC)c4)c4ccccc34)CC2)cc1. The number of fused-ring (bicyclic) bond motifs is 1. The third kappa shape index (κ3) is 4.47. The topological polar surface area (TPSA) is 51.5 Å². The Bertz CT molecular complexity index is 1530. The van der Waals surface area contributed by atoms with Crippen LogP contribution in [0.1, 0.15) is 35.7 Å². The number of aromatic nitrogens is 1. The monoisotopic (exact) mass is 500 g/mol. The van der Waals surface area contributed by atoms with E-state index in [0.29, 0.717) is 24.4 Å². The zero-order chi connectivity index (χ0) is 25.3. The van der Waals surface area contributed by atoms with Crippen LogP contribution in [0.4, 0.5) is 0 Å². The maximum atomic E-state index is 13.3. The summed E-state index contributed by atoms with van der Waals surface area (Å²) in [5.41, 5.74) is 7.11. The van der Waals surface area contributed by atoms with Crippen molar-refractivity contribution in [2.24, 2.45) is 0 Å². The van der Waals surface area contributed by atoms with E-state index < -0.39 is 10.0 Å². The molecule has 5 rings (SSSR count). The van der Waals surface area contributed by atoms with Crippen molar-refractivity contribution in [3.8, 4) is 5.75 Å². The van der Waals surface area contributed by atoms with Gasteiger partial charge in [-0.25, -0.2) is 8.42 Å². The number of aryl methyl sites for hydroxylation is 1. The number of nitrogens with zero attached hydrogens (tertiary/aromatic N) is 2. The Morgan fingerprint density at radius 3 is 2.42 bits per heavy atom. The van der Waals surface area contributed by atoms with Crippen molar-refractivity contribution in [2.45, 2.75) is 38.1 Å². The van der Waals surface area contributed by atoms with E-state index in [1.54, 1.807) is 23.5 Å². The number of rotatable bonds is 7. The van der Waals surface area contributed by atoms with Gasteiger partial charge in [-0.2, -0.15) is 4.31 Å². The van der Waals surface area contributed by atoms with Gasteiger partial charge >= 0.3 is 0 Å². The van der Waals surface area contributed by atoms with Gasteiger partial charge in [0.25, 0.3) is 0 Å². The summed E-state index contributed by atoms with van der Waals surface area (Å²) < 4.78 is 35.9. The Morgan fingerprint density at radius 2 is 1.72 bits per heavy atom. The highest BCUT2D eigenvalue weighted by atomic mass is 32.2. The molecule has 1 aliphatic rings. The van der Waals surface area contributed by atoms with Crippen LogP contribution >= 0.6 is 0 Å². The lowest BCUT2D eigenvalue weighted by molar-refractivity contribution is 0.414. The minimum absolute atomic E-state index is 0.364. The molecule has 6 heteroatoms. The first-order valence-corrected chi connectivity index (χ1v) is 13.9. The fraction of sp³-hybridized carbons (Fsp3) is 0.267. The molecule has 5 nitrogen and oxygen atoms in total. The van der Waals surface area contributed by atoms with E-state index in [1.807, 2.05) is 24.3 Å². The summed E-state index contributed by atoms with van der Waals surface area (Å²) in [7, 11) is -1.83. The summed E-state index contributed by atoms with van der Waals surface area (Å²) >= 11 is 0. The molecule has 1 aromatic heterocycles. The van der Waals surface area contributed by atoms with Gasteiger partial charge in [-0.1, -0.05) is 55.5 Å². The molecule has 2 heterocycles. The molecule has 186 valence electrons. The molecule has 0 atom stereocenters. The number of sulfonamides is 1. The van der Waals surface area contributed by atoms with Crippen molar-refractivity contribution in [3.05, 3.63) is 101 Å². The lowest BCUT2D eigenvalue weighted by atomic mass is 9.97. The van der Waals surface area contributed by atoms with Crippen LogP contribution in [0.15, 0.2) is 83.8 Å². The van der Waals surface area contributed by atoms with Crippen LogP contribution in [0.5, 0.6) is 5.75 Å². The highest BCUT2D eigenvalue weighted by Gasteiger charge is 2.28. The maximum Gasteiger partial charge on any atom is 0.243 e. The third-order valence-corrected chi connectivity index (χ3v) is 9.05. The Morgan fingerprint density at radius 1 is 0.944 bits per heavy atom. The molecule has 0 aliphatic carbocycles. The molecule has 0 fully saturated rings. The fourth-order valence-corrected chi connectivity index (χ4v) is 6.52. The predicted octanol–water partition coefficient (Wildman–Crippen LogP) is 6.05. The van der Waals surface area contributed by atoms with E-state index in [9.17, 15) is 8.42 Å². The maximum absolute atomic E-state index is 13.3. The first-order valence-electron chi connectivity index (χ1n) is 12.4.